The number of anilines is 3. The lowest BCUT2D eigenvalue weighted by Gasteiger charge is -2.47. The van der Waals surface area contributed by atoms with Crippen LogP contribution in [0.15, 0.2) is 76.1 Å². The molecule has 0 spiro atoms. The predicted molar refractivity (Wildman–Crippen MR) is 236 cm³/mol. The zero-order valence-electron chi connectivity index (χ0n) is 36.3. The van der Waals surface area contributed by atoms with Crippen LogP contribution in [-0.4, -0.2) is 93.4 Å². The molecule has 61 heavy (non-hydrogen) atoms. The highest BCUT2D eigenvalue weighted by Crippen LogP contribution is 2.38. The molecule has 15 nitrogen and oxygen atoms in total. The number of hydrazine groups is 1. The molecule has 2 aliphatic heterocycles. The topological polar surface area (TPSA) is 154 Å². The molecule has 0 bridgehead atoms. The van der Waals surface area contributed by atoms with E-state index in [1.165, 1.54) is 0 Å². The van der Waals surface area contributed by atoms with Gasteiger partial charge in [-0.05, 0) is 115 Å². The first-order valence-electron chi connectivity index (χ1n) is 21.7. The summed E-state index contributed by atoms with van der Waals surface area (Å²) in [5, 5.41) is 4.45. The summed E-state index contributed by atoms with van der Waals surface area (Å²) >= 11 is 0. The molecule has 0 radical (unpaired) electrons. The number of nitrogens with zero attached hydrogens (tertiary/aromatic N) is 8. The van der Waals surface area contributed by atoms with Gasteiger partial charge in [-0.25, -0.2) is 10.0 Å². The van der Waals surface area contributed by atoms with E-state index in [2.05, 4.69) is 41.9 Å². The van der Waals surface area contributed by atoms with E-state index in [1.807, 2.05) is 71.9 Å². The number of aromatic nitrogens is 4. The average Bonchev–Trinajstić information content (AvgIpc) is 3.86. The maximum Gasteiger partial charge on any atom is 0.318 e. The Labute approximate surface area is 357 Å². The zero-order valence-corrected chi connectivity index (χ0v) is 36.3. The highest BCUT2D eigenvalue weighted by Gasteiger charge is 2.39. The summed E-state index contributed by atoms with van der Waals surface area (Å²) in [4.78, 5) is 23.8. The van der Waals surface area contributed by atoms with Gasteiger partial charge in [0.1, 0.15) is 39.7 Å². The van der Waals surface area contributed by atoms with E-state index in [0.717, 1.165) is 98.6 Å². The first-order valence-corrected chi connectivity index (χ1v) is 21.7. The van der Waals surface area contributed by atoms with Crippen molar-refractivity contribution in [2.75, 3.05) is 55.1 Å². The second-order valence-corrected chi connectivity index (χ2v) is 16.4. The number of benzene rings is 2. The van der Waals surface area contributed by atoms with Crippen LogP contribution in [0.5, 0.6) is 23.0 Å². The summed E-state index contributed by atoms with van der Waals surface area (Å²) in [6.07, 6.45) is 10.4. The number of oxazole rings is 2. The van der Waals surface area contributed by atoms with Crippen molar-refractivity contribution < 1.29 is 27.8 Å². The van der Waals surface area contributed by atoms with Crippen molar-refractivity contribution in [3.8, 4) is 23.0 Å². The van der Waals surface area contributed by atoms with Crippen molar-refractivity contribution in [1.29, 1.82) is 0 Å². The number of ether oxygens (including phenoxy) is 4. The molecule has 0 atom stereocenters. The third kappa shape index (κ3) is 9.89. The lowest BCUT2D eigenvalue weighted by molar-refractivity contribution is 0.178. The van der Waals surface area contributed by atoms with Crippen LogP contribution in [0.2, 0.25) is 0 Å². The van der Waals surface area contributed by atoms with Crippen LogP contribution in [0.4, 0.5) is 17.7 Å². The van der Waals surface area contributed by atoms with Gasteiger partial charge < -0.3 is 33.5 Å². The molecule has 2 N–H and O–H groups in total. The second-order valence-electron chi connectivity index (χ2n) is 16.4. The van der Waals surface area contributed by atoms with Gasteiger partial charge in [0, 0.05) is 57.7 Å². The number of fused-ring (bicyclic) bond motifs is 2. The highest BCUT2D eigenvalue weighted by molar-refractivity contribution is 5.75. The number of nitrogens with two attached hydrogens (primary N) is 1. The molecule has 6 aromatic rings. The number of nitrogen functional groups attached to an aromatic ring is 1. The molecule has 8 rings (SSSR count). The summed E-state index contributed by atoms with van der Waals surface area (Å²) < 4.78 is 37.2. The second kappa shape index (κ2) is 18.9. The van der Waals surface area contributed by atoms with Gasteiger partial charge in [-0.15, -0.1) is 0 Å². The average molecular weight is 834 g/mol. The van der Waals surface area contributed by atoms with Crippen molar-refractivity contribution in [2.24, 2.45) is 0 Å². The van der Waals surface area contributed by atoms with Crippen LogP contribution in [0.25, 0.3) is 22.2 Å². The third-order valence-electron chi connectivity index (χ3n) is 11.0. The predicted octanol–water partition coefficient (Wildman–Crippen LogP) is 8.27. The van der Waals surface area contributed by atoms with Crippen molar-refractivity contribution in [2.45, 2.75) is 105 Å². The molecule has 2 aromatic carbocycles. The fourth-order valence-corrected chi connectivity index (χ4v) is 8.44. The Balaban J connectivity index is 1.07. The fourth-order valence-electron chi connectivity index (χ4n) is 8.44. The molecule has 0 amide bonds. The molecule has 4 aromatic heterocycles. The van der Waals surface area contributed by atoms with Crippen molar-refractivity contribution >= 4 is 39.9 Å². The van der Waals surface area contributed by atoms with Crippen molar-refractivity contribution in [3.63, 3.8) is 0 Å². The minimum Gasteiger partial charge on any atom is -0.492 e. The van der Waals surface area contributed by atoms with Gasteiger partial charge in [-0.1, -0.05) is 0 Å². The Bertz CT molecular complexity index is 2250. The molecule has 2 saturated heterocycles. The zero-order chi connectivity index (χ0) is 42.5. The third-order valence-corrected chi connectivity index (χ3v) is 11.0. The van der Waals surface area contributed by atoms with Crippen LogP contribution in [-0.2, 0) is 13.1 Å². The summed E-state index contributed by atoms with van der Waals surface area (Å²) in [7, 11) is 0. The molecule has 2 aliphatic rings. The maximum atomic E-state index is 6.58. The molecule has 2 fully saturated rings. The van der Waals surface area contributed by atoms with E-state index >= 15 is 0 Å². The van der Waals surface area contributed by atoms with Crippen LogP contribution in [0.1, 0.15) is 78.4 Å². The summed E-state index contributed by atoms with van der Waals surface area (Å²) in [5.41, 5.74) is 11.9. The van der Waals surface area contributed by atoms with Gasteiger partial charge >= 0.3 is 12.0 Å². The number of likely N-dealkylation sites (tertiary alicyclic amines) is 2. The first kappa shape index (κ1) is 41.9. The Morgan fingerprint density at radius 2 is 1.08 bits per heavy atom. The molecular formula is C46H59N9O6. The van der Waals surface area contributed by atoms with Gasteiger partial charge in [0.15, 0.2) is 11.2 Å². The molecule has 0 aliphatic carbocycles. The van der Waals surface area contributed by atoms with Crippen molar-refractivity contribution in [3.05, 3.63) is 78.4 Å². The summed E-state index contributed by atoms with van der Waals surface area (Å²) in [5.74, 6) is 2.96. The largest absolute Gasteiger partial charge is 0.492 e. The van der Waals surface area contributed by atoms with Crippen LogP contribution >= 0.6 is 0 Å². The number of hydrogen-bond donors (Lipinski definition) is 1. The minimum absolute atomic E-state index is 0.0240. The van der Waals surface area contributed by atoms with Crippen LogP contribution in [0, 0.1) is 0 Å². The van der Waals surface area contributed by atoms with Gasteiger partial charge in [-0.2, -0.15) is 9.97 Å². The van der Waals surface area contributed by atoms with Gasteiger partial charge in [-0.3, -0.25) is 19.8 Å². The normalized spacial score (nSPS) is 15.9. The molecule has 0 unspecified atom stereocenters. The maximum absolute atomic E-state index is 6.58. The molecule has 0 saturated carbocycles. The number of rotatable bonds is 17. The van der Waals surface area contributed by atoms with E-state index in [9.17, 15) is 0 Å². The SMILES string of the molecule is CCOc1cc(CN2CCC(N(c3nc4ccncc4o3)N(c3nc4ccncc4o3)C3CCN(Cc4cc(OC(C)C)cc(OC(C)C)c4)CC3)CC2)cc(OCC)c1N. The van der Waals surface area contributed by atoms with Gasteiger partial charge in [0.25, 0.3) is 0 Å². The monoisotopic (exact) mass is 833 g/mol. The lowest BCUT2D eigenvalue weighted by atomic mass is 10.0. The lowest BCUT2D eigenvalue weighted by Crippen LogP contribution is -2.59. The van der Waals surface area contributed by atoms with E-state index in [0.29, 0.717) is 53.6 Å². The van der Waals surface area contributed by atoms with Crippen LogP contribution in [0.3, 0.4) is 0 Å². The van der Waals surface area contributed by atoms with E-state index in [1.54, 1.807) is 24.8 Å². The standard InChI is InChI=1S/C46H59N9O6/c1-7-56-40-23-33(24-41(44(40)47)57-8-2)29-53-19-13-35(14-20-53)55(46-51-39-10-16-49-27-43(39)61-46)54(45-50-38-9-15-48-26-42(38)60-45)34-11-17-52(18-12-34)28-32-21-36(58-30(3)4)25-37(22-32)59-31(5)6/h9-10,15-16,21-27,30-31,34-35H,7-8,11-14,17-20,28-29,47H2,1-6H3. The summed E-state index contributed by atoms with van der Waals surface area (Å²) in [6.45, 7) is 18.1. The van der Waals surface area contributed by atoms with Gasteiger partial charge in [0.2, 0.25) is 0 Å². The minimum atomic E-state index is 0.0240. The summed E-state index contributed by atoms with van der Waals surface area (Å²) in [6, 6.07) is 15.1. The number of piperidine rings is 2. The Kier molecular flexibility index (Phi) is 13.0. The van der Waals surface area contributed by atoms with Crippen LogP contribution < -0.4 is 34.7 Å². The fraction of sp³-hybridized carbons (Fsp3) is 0.478. The van der Waals surface area contributed by atoms with Crippen molar-refractivity contribution in [1.82, 2.24) is 29.7 Å². The van der Waals surface area contributed by atoms with E-state index in [4.69, 9.17) is 43.5 Å². The molecular weight excluding hydrogens is 775 g/mol. The van der Waals surface area contributed by atoms with E-state index in [-0.39, 0.29) is 24.3 Å². The first-order chi connectivity index (χ1) is 29.6. The highest BCUT2D eigenvalue weighted by atomic mass is 16.5. The van der Waals surface area contributed by atoms with E-state index < -0.39 is 0 Å². The quantitative estimate of drug-likeness (QED) is 0.0692. The Morgan fingerprint density at radius 1 is 0.656 bits per heavy atom. The Hall–Kier alpha value is -5.80. The molecule has 324 valence electrons. The number of pyridine rings is 2. The molecule has 6 heterocycles. The molecule has 15 heteroatoms. The Morgan fingerprint density at radius 3 is 1.48 bits per heavy atom. The smallest absolute Gasteiger partial charge is 0.318 e. The van der Waals surface area contributed by atoms with Gasteiger partial charge in [0.05, 0.1) is 49.9 Å². The number of hydrogen-bond acceptors (Lipinski definition) is 15.